The van der Waals surface area contributed by atoms with Crippen LogP contribution in [0.5, 0.6) is 11.5 Å². The first-order chi connectivity index (χ1) is 15.4. The maximum Gasteiger partial charge on any atom is 0.271 e. The second-order valence-electron chi connectivity index (χ2n) is 7.48. The van der Waals surface area contributed by atoms with E-state index >= 15 is 0 Å². The standard InChI is InChI=1S/C26H24N2O3S/c1-4-31-23-15-19(9-14-22(23)29)16-24-25(30)28(21-12-7-18(3)8-13-21)26(32-24)27-20-10-5-17(2)6-11-20/h5-16,29H,4H2,1-3H3. The number of thioether (sulfide) groups is 1. The third-order valence-corrected chi connectivity index (χ3v) is 5.91. The quantitative estimate of drug-likeness (QED) is 0.475. The molecule has 0 unspecified atom stereocenters. The highest BCUT2D eigenvalue weighted by molar-refractivity contribution is 8.19. The molecule has 1 aliphatic heterocycles. The van der Waals surface area contributed by atoms with E-state index in [0.29, 0.717) is 22.4 Å². The number of phenolic OH excluding ortho intramolecular Hbond substituents is 1. The fourth-order valence-corrected chi connectivity index (χ4v) is 4.24. The third kappa shape index (κ3) is 4.70. The van der Waals surface area contributed by atoms with Crippen LogP contribution in [0.2, 0.25) is 0 Å². The molecule has 0 spiro atoms. The Balaban J connectivity index is 1.75. The number of carbonyl (C=O) groups excluding carboxylic acids is 1. The van der Waals surface area contributed by atoms with Crippen molar-refractivity contribution in [3.8, 4) is 11.5 Å². The molecule has 0 atom stereocenters. The Labute approximate surface area is 192 Å². The minimum absolute atomic E-state index is 0.0716. The molecule has 1 fully saturated rings. The Bertz CT molecular complexity index is 1200. The smallest absolute Gasteiger partial charge is 0.271 e. The highest BCUT2D eigenvalue weighted by Gasteiger charge is 2.34. The van der Waals surface area contributed by atoms with Crippen LogP contribution in [0.1, 0.15) is 23.6 Å². The molecular formula is C26H24N2O3S. The van der Waals surface area contributed by atoms with Gasteiger partial charge in [0.1, 0.15) is 0 Å². The lowest BCUT2D eigenvalue weighted by Gasteiger charge is -2.16. The summed E-state index contributed by atoms with van der Waals surface area (Å²) in [5, 5.41) is 10.6. The predicted octanol–water partition coefficient (Wildman–Crippen LogP) is 6.22. The number of rotatable bonds is 5. The zero-order valence-electron chi connectivity index (χ0n) is 18.2. The van der Waals surface area contributed by atoms with Crippen molar-refractivity contribution < 1.29 is 14.6 Å². The summed E-state index contributed by atoms with van der Waals surface area (Å²) in [6, 6.07) is 20.7. The van der Waals surface area contributed by atoms with Crippen LogP contribution in [0.15, 0.2) is 76.6 Å². The lowest BCUT2D eigenvalue weighted by Crippen LogP contribution is -2.28. The summed E-state index contributed by atoms with van der Waals surface area (Å²) in [5.41, 5.74) is 4.59. The number of aromatic hydroxyl groups is 1. The number of aryl methyl sites for hydroxylation is 2. The van der Waals surface area contributed by atoms with E-state index in [2.05, 4.69) is 0 Å². The minimum Gasteiger partial charge on any atom is -0.504 e. The topological polar surface area (TPSA) is 62.1 Å². The summed E-state index contributed by atoms with van der Waals surface area (Å²) < 4.78 is 5.47. The summed E-state index contributed by atoms with van der Waals surface area (Å²) in [6.07, 6.45) is 1.80. The molecule has 3 aromatic rings. The lowest BCUT2D eigenvalue weighted by atomic mass is 10.1. The number of nitrogens with zero attached hydrogens (tertiary/aromatic N) is 2. The Kier molecular flexibility index (Phi) is 6.32. The normalized spacial score (nSPS) is 16.2. The largest absolute Gasteiger partial charge is 0.504 e. The van der Waals surface area contributed by atoms with Gasteiger partial charge in [0, 0.05) is 0 Å². The molecule has 0 saturated carbocycles. The minimum atomic E-state index is -0.143. The van der Waals surface area contributed by atoms with Gasteiger partial charge in [-0.15, -0.1) is 0 Å². The van der Waals surface area contributed by atoms with Crippen LogP contribution in [0.4, 0.5) is 11.4 Å². The van der Waals surface area contributed by atoms with E-state index in [9.17, 15) is 9.90 Å². The highest BCUT2D eigenvalue weighted by atomic mass is 32.2. The molecule has 5 nitrogen and oxygen atoms in total. The summed E-state index contributed by atoms with van der Waals surface area (Å²) >= 11 is 1.33. The average molecular weight is 445 g/mol. The van der Waals surface area contributed by atoms with E-state index in [0.717, 1.165) is 28.1 Å². The number of phenols is 1. The second kappa shape index (κ2) is 9.32. The number of hydrogen-bond donors (Lipinski definition) is 1. The van der Waals surface area contributed by atoms with Gasteiger partial charge in [0.25, 0.3) is 5.91 Å². The van der Waals surface area contributed by atoms with Crippen LogP contribution >= 0.6 is 11.8 Å². The molecule has 0 bridgehead atoms. The average Bonchev–Trinajstić information content (AvgIpc) is 3.07. The fraction of sp³-hybridized carbons (Fsp3) is 0.154. The molecule has 162 valence electrons. The Morgan fingerprint density at radius 2 is 1.66 bits per heavy atom. The van der Waals surface area contributed by atoms with Gasteiger partial charge < -0.3 is 9.84 Å². The number of amidine groups is 1. The molecule has 32 heavy (non-hydrogen) atoms. The van der Waals surface area contributed by atoms with Gasteiger partial charge >= 0.3 is 0 Å². The third-order valence-electron chi connectivity index (χ3n) is 4.94. The number of anilines is 1. The maximum atomic E-state index is 13.4. The molecule has 1 heterocycles. The molecule has 6 heteroatoms. The van der Waals surface area contributed by atoms with E-state index in [1.807, 2.05) is 69.3 Å². The SMILES string of the molecule is CCOc1cc(C=C2SC(=Nc3ccc(C)cc3)N(c3ccc(C)cc3)C2=O)ccc1O. The molecule has 1 amide bonds. The van der Waals surface area contributed by atoms with E-state index in [-0.39, 0.29) is 11.7 Å². The molecule has 1 aliphatic rings. The van der Waals surface area contributed by atoms with Gasteiger partial charge in [0.2, 0.25) is 0 Å². The van der Waals surface area contributed by atoms with Crippen molar-refractivity contribution >= 4 is 40.3 Å². The Hall–Kier alpha value is -3.51. The van der Waals surface area contributed by atoms with E-state index < -0.39 is 0 Å². The molecular weight excluding hydrogens is 420 g/mol. The number of aliphatic imine (C=N–C) groups is 1. The van der Waals surface area contributed by atoms with Crippen LogP contribution < -0.4 is 9.64 Å². The molecule has 0 radical (unpaired) electrons. The first kappa shape index (κ1) is 21.7. The van der Waals surface area contributed by atoms with Crippen molar-refractivity contribution in [3.63, 3.8) is 0 Å². The van der Waals surface area contributed by atoms with Gasteiger partial charge in [-0.2, -0.15) is 0 Å². The van der Waals surface area contributed by atoms with Crippen LogP contribution in [0.25, 0.3) is 6.08 Å². The Morgan fingerprint density at radius 3 is 2.31 bits per heavy atom. The first-order valence-corrected chi connectivity index (χ1v) is 11.2. The Morgan fingerprint density at radius 1 is 1.00 bits per heavy atom. The highest BCUT2D eigenvalue weighted by Crippen LogP contribution is 2.38. The number of amides is 1. The van der Waals surface area contributed by atoms with Crippen LogP contribution in [0.3, 0.4) is 0 Å². The van der Waals surface area contributed by atoms with E-state index in [1.54, 1.807) is 29.2 Å². The van der Waals surface area contributed by atoms with Crippen LogP contribution in [-0.4, -0.2) is 22.8 Å². The monoisotopic (exact) mass is 444 g/mol. The maximum absolute atomic E-state index is 13.4. The second-order valence-corrected chi connectivity index (χ2v) is 8.49. The molecule has 3 aromatic carbocycles. The summed E-state index contributed by atoms with van der Waals surface area (Å²) in [7, 11) is 0. The molecule has 1 saturated heterocycles. The zero-order valence-corrected chi connectivity index (χ0v) is 19.0. The fourth-order valence-electron chi connectivity index (χ4n) is 3.24. The van der Waals surface area contributed by atoms with Gasteiger partial charge in [-0.3, -0.25) is 9.69 Å². The van der Waals surface area contributed by atoms with Crippen LogP contribution in [0, 0.1) is 13.8 Å². The van der Waals surface area contributed by atoms with Crippen molar-refractivity contribution in [2.75, 3.05) is 11.5 Å². The number of ether oxygens (including phenoxy) is 1. The van der Waals surface area contributed by atoms with Crippen molar-refractivity contribution in [1.82, 2.24) is 0 Å². The van der Waals surface area contributed by atoms with E-state index in [1.165, 1.54) is 11.8 Å². The van der Waals surface area contributed by atoms with Gasteiger partial charge in [-0.1, -0.05) is 41.5 Å². The van der Waals surface area contributed by atoms with Gasteiger partial charge in [0.05, 0.1) is 22.9 Å². The van der Waals surface area contributed by atoms with Gasteiger partial charge in [-0.05, 0) is 80.6 Å². The summed E-state index contributed by atoms with van der Waals surface area (Å²) in [4.78, 5) is 20.3. The first-order valence-electron chi connectivity index (χ1n) is 10.4. The molecule has 0 aromatic heterocycles. The zero-order chi connectivity index (χ0) is 22.7. The number of benzene rings is 3. The van der Waals surface area contributed by atoms with Crippen molar-refractivity contribution in [2.24, 2.45) is 4.99 Å². The summed E-state index contributed by atoms with van der Waals surface area (Å²) in [6.45, 7) is 6.33. The van der Waals surface area contributed by atoms with E-state index in [4.69, 9.17) is 9.73 Å². The summed E-state index contributed by atoms with van der Waals surface area (Å²) in [5.74, 6) is 0.319. The van der Waals surface area contributed by atoms with Crippen molar-refractivity contribution in [2.45, 2.75) is 20.8 Å². The van der Waals surface area contributed by atoms with Crippen molar-refractivity contribution in [1.29, 1.82) is 0 Å². The lowest BCUT2D eigenvalue weighted by molar-refractivity contribution is -0.113. The molecule has 1 N–H and O–H groups in total. The molecule has 4 rings (SSSR count). The molecule has 0 aliphatic carbocycles. The number of carbonyl (C=O) groups is 1. The number of hydrogen-bond acceptors (Lipinski definition) is 5. The predicted molar refractivity (Wildman–Crippen MR) is 132 cm³/mol. The van der Waals surface area contributed by atoms with Gasteiger partial charge in [0.15, 0.2) is 16.7 Å². The van der Waals surface area contributed by atoms with Gasteiger partial charge in [-0.25, -0.2) is 4.99 Å². The van der Waals surface area contributed by atoms with Crippen LogP contribution in [-0.2, 0) is 4.79 Å². The van der Waals surface area contributed by atoms with Crippen molar-refractivity contribution in [3.05, 3.63) is 88.3 Å².